The molecule has 1 heterocycles. The summed E-state index contributed by atoms with van der Waals surface area (Å²) in [7, 11) is 0. The minimum atomic E-state index is 0.229. The third-order valence-corrected chi connectivity index (χ3v) is 1.81. The van der Waals surface area contributed by atoms with E-state index < -0.39 is 0 Å². The van der Waals surface area contributed by atoms with Crippen molar-refractivity contribution < 1.29 is 4.79 Å². The molecule has 0 saturated carbocycles. The fourth-order valence-electron chi connectivity index (χ4n) is 1.09. The summed E-state index contributed by atoms with van der Waals surface area (Å²) in [6.07, 6.45) is 3.40. The average Bonchev–Trinajstić information content (AvgIpc) is 1.99. The minimum Gasteiger partial charge on any atom is -0.356 e. The summed E-state index contributed by atoms with van der Waals surface area (Å²) in [6, 6.07) is 0. The molecular formula is C7H13NO. The van der Waals surface area contributed by atoms with Crippen molar-refractivity contribution in [3.05, 3.63) is 0 Å². The first kappa shape index (κ1) is 6.59. The summed E-state index contributed by atoms with van der Waals surface area (Å²) in [4.78, 5) is 10.9. The van der Waals surface area contributed by atoms with E-state index in [-0.39, 0.29) is 11.8 Å². The Labute approximate surface area is 55.6 Å². The first-order valence-corrected chi connectivity index (χ1v) is 3.58. The van der Waals surface area contributed by atoms with Gasteiger partial charge in [-0.25, -0.2) is 0 Å². The molecule has 0 aromatic rings. The highest BCUT2D eigenvalue weighted by atomic mass is 16.1. The minimum absolute atomic E-state index is 0.229. The molecule has 2 nitrogen and oxygen atoms in total. The number of carbonyl (C=O) groups excluding carboxylic acids is 1. The van der Waals surface area contributed by atoms with Gasteiger partial charge in [-0.2, -0.15) is 0 Å². The number of hydrogen-bond acceptors (Lipinski definition) is 1. The molecule has 0 aromatic heterocycles. The molecular weight excluding hydrogens is 114 g/mol. The number of nitrogens with one attached hydrogen (secondary N) is 1. The molecule has 1 aliphatic heterocycles. The Morgan fingerprint density at radius 2 is 2.33 bits per heavy atom. The van der Waals surface area contributed by atoms with Crippen molar-refractivity contribution in [2.45, 2.75) is 26.2 Å². The van der Waals surface area contributed by atoms with E-state index in [4.69, 9.17) is 0 Å². The maximum Gasteiger partial charge on any atom is 0.222 e. The Kier molecular flexibility index (Phi) is 2.09. The molecule has 1 unspecified atom stereocenters. The van der Waals surface area contributed by atoms with Crippen LogP contribution in [0.2, 0.25) is 0 Å². The monoisotopic (exact) mass is 127 g/mol. The lowest BCUT2D eigenvalue weighted by molar-refractivity contribution is -0.124. The maximum absolute atomic E-state index is 10.9. The molecule has 0 spiro atoms. The zero-order valence-electron chi connectivity index (χ0n) is 5.81. The van der Waals surface area contributed by atoms with Crippen LogP contribution in [-0.2, 0) is 4.79 Å². The van der Waals surface area contributed by atoms with Gasteiger partial charge in [0, 0.05) is 12.5 Å². The van der Waals surface area contributed by atoms with Crippen LogP contribution >= 0.6 is 0 Å². The molecule has 0 bridgehead atoms. The van der Waals surface area contributed by atoms with Gasteiger partial charge in [0.25, 0.3) is 0 Å². The van der Waals surface area contributed by atoms with Gasteiger partial charge in [0.2, 0.25) is 5.91 Å². The molecule has 9 heavy (non-hydrogen) atoms. The fourth-order valence-corrected chi connectivity index (χ4v) is 1.09. The van der Waals surface area contributed by atoms with Crippen molar-refractivity contribution in [1.82, 2.24) is 5.32 Å². The molecule has 0 radical (unpaired) electrons. The van der Waals surface area contributed by atoms with Gasteiger partial charge in [0.15, 0.2) is 0 Å². The number of carbonyl (C=O) groups is 1. The highest BCUT2D eigenvalue weighted by Crippen LogP contribution is 2.10. The zero-order chi connectivity index (χ0) is 6.69. The van der Waals surface area contributed by atoms with Crippen molar-refractivity contribution in [2.75, 3.05) is 6.54 Å². The van der Waals surface area contributed by atoms with Crippen LogP contribution in [0.1, 0.15) is 26.2 Å². The van der Waals surface area contributed by atoms with Gasteiger partial charge in [0.05, 0.1) is 0 Å². The van der Waals surface area contributed by atoms with Crippen LogP contribution in [0.5, 0.6) is 0 Å². The van der Waals surface area contributed by atoms with E-state index in [1.54, 1.807) is 0 Å². The zero-order valence-corrected chi connectivity index (χ0v) is 5.81. The molecule has 2 heteroatoms. The summed E-state index contributed by atoms with van der Waals surface area (Å²) in [5.74, 6) is 0.472. The topological polar surface area (TPSA) is 29.1 Å². The van der Waals surface area contributed by atoms with E-state index >= 15 is 0 Å². The number of amides is 1. The van der Waals surface area contributed by atoms with Crippen molar-refractivity contribution >= 4 is 5.91 Å². The van der Waals surface area contributed by atoms with E-state index in [2.05, 4.69) is 5.32 Å². The Morgan fingerprint density at radius 1 is 1.56 bits per heavy atom. The second kappa shape index (κ2) is 2.85. The molecule has 0 aromatic carbocycles. The summed E-state index contributed by atoms with van der Waals surface area (Å²) in [6.45, 7) is 2.86. The van der Waals surface area contributed by atoms with Crippen LogP contribution in [0.15, 0.2) is 0 Å². The molecule has 1 atom stereocenters. The van der Waals surface area contributed by atoms with Crippen LogP contribution < -0.4 is 5.32 Å². The van der Waals surface area contributed by atoms with Crippen molar-refractivity contribution in [3.8, 4) is 0 Å². The molecule has 1 amide bonds. The van der Waals surface area contributed by atoms with Gasteiger partial charge in [-0.3, -0.25) is 4.79 Å². The smallest absolute Gasteiger partial charge is 0.222 e. The number of hydrogen-bond donors (Lipinski definition) is 1. The van der Waals surface area contributed by atoms with Gasteiger partial charge in [0.1, 0.15) is 0 Å². The average molecular weight is 127 g/mol. The lowest BCUT2D eigenvalue weighted by Crippen LogP contribution is -2.26. The van der Waals surface area contributed by atoms with Gasteiger partial charge in [-0.1, -0.05) is 13.3 Å². The van der Waals surface area contributed by atoms with Crippen molar-refractivity contribution in [2.24, 2.45) is 5.92 Å². The van der Waals surface area contributed by atoms with Crippen LogP contribution in [0.25, 0.3) is 0 Å². The van der Waals surface area contributed by atoms with E-state index in [0.29, 0.717) is 0 Å². The Bertz CT molecular complexity index is 111. The second-order valence-electron chi connectivity index (χ2n) is 2.69. The summed E-state index contributed by atoms with van der Waals surface area (Å²) in [5.41, 5.74) is 0. The fraction of sp³-hybridized carbons (Fsp3) is 0.857. The lowest BCUT2D eigenvalue weighted by atomic mass is 10.1. The normalized spacial score (nSPS) is 29.0. The first-order chi connectivity index (χ1) is 4.30. The molecule has 52 valence electrons. The third kappa shape index (κ3) is 1.70. The quantitative estimate of drug-likeness (QED) is 0.515. The van der Waals surface area contributed by atoms with Crippen LogP contribution in [0, 0.1) is 5.92 Å². The molecule has 1 fully saturated rings. The molecule has 1 saturated heterocycles. The van der Waals surface area contributed by atoms with Gasteiger partial charge in [-0.05, 0) is 12.8 Å². The van der Waals surface area contributed by atoms with Crippen LogP contribution in [-0.4, -0.2) is 12.5 Å². The molecule has 1 aliphatic rings. The molecule has 0 aliphatic carbocycles. The molecule has 1 N–H and O–H groups in total. The van der Waals surface area contributed by atoms with Crippen LogP contribution in [0.3, 0.4) is 0 Å². The standard InChI is InChI=1S/C7H13NO/c1-6-4-2-3-5-8-7(6)9/h6H,2-5H2,1H3,(H,8,9). The maximum atomic E-state index is 10.9. The Hall–Kier alpha value is -0.530. The molecule has 1 rings (SSSR count). The van der Waals surface area contributed by atoms with Gasteiger partial charge in [-0.15, -0.1) is 0 Å². The van der Waals surface area contributed by atoms with Gasteiger partial charge >= 0.3 is 0 Å². The highest BCUT2D eigenvalue weighted by molar-refractivity contribution is 5.78. The third-order valence-electron chi connectivity index (χ3n) is 1.81. The van der Waals surface area contributed by atoms with Crippen molar-refractivity contribution in [1.29, 1.82) is 0 Å². The summed E-state index contributed by atoms with van der Waals surface area (Å²) < 4.78 is 0. The SMILES string of the molecule is CC1CCCCNC1=O. The Balaban J connectivity index is 2.41. The van der Waals surface area contributed by atoms with E-state index in [0.717, 1.165) is 19.4 Å². The summed E-state index contributed by atoms with van der Waals surface area (Å²) >= 11 is 0. The second-order valence-corrected chi connectivity index (χ2v) is 2.69. The summed E-state index contributed by atoms with van der Waals surface area (Å²) in [5, 5.41) is 2.86. The lowest BCUT2D eigenvalue weighted by Gasteiger charge is -2.03. The Morgan fingerprint density at radius 3 is 3.11 bits per heavy atom. The van der Waals surface area contributed by atoms with Crippen molar-refractivity contribution in [3.63, 3.8) is 0 Å². The first-order valence-electron chi connectivity index (χ1n) is 3.58. The number of rotatable bonds is 0. The van der Waals surface area contributed by atoms with Crippen LogP contribution in [0.4, 0.5) is 0 Å². The predicted octanol–water partition coefficient (Wildman–Crippen LogP) is 0.923. The predicted molar refractivity (Wildman–Crippen MR) is 36.0 cm³/mol. The van der Waals surface area contributed by atoms with E-state index in [1.165, 1.54) is 6.42 Å². The van der Waals surface area contributed by atoms with E-state index in [1.807, 2.05) is 6.92 Å². The van der Waals surface area contributed by atoms with Gasteiger partial charge < -0.3 is 5.32 Å². The van der Waals surface area contributed by atoms with E-state index in [9.17, 15) is 4.79 Å². The largest absolute Gasteiger partial charge is 0.356 e. The highest BCUT2D eigenvalue weighted by Gasteiger charge is 2.14.